The Hall–Kier alpha value is -3.55. The van der Waals surface area contributed by atoms with Gasteiger partial charge in [0.1, 0.15) is 11.5 Å². The first-order valence-electron chi connectivity index (χ1n) is 12.0. The minimum Gasteiger partial charge on any atom is -0.497 e. The quantitative estimate of drug-likeness (QED) is 0.441. The van der Waals surface area contributed by atoms with Gasteiger partial charge in [-0.3, -0.25) is 9.69 Å². The second-order valence-electron chi connectivity index (χ2n) is 8.66. The highest BCUT2D eigenvalue weighted by molar-refractivity contribution is 8.18. The van der Waals surface area contributed by atoms with E-state index in [9.17, 15) is 4.79 Å². The Morgan fingerprint density at radius 3 is 2.08 bits per heavy atom. The van der Waals surface area contributed by atoms with E-state index in [2.05, 4.69) is 75.5 Å². The van der Waals surface area contributed by atoms with Crippen LogP contribution in [-0.4, -0.2) is 61.3 Å². The predicted octanol–water partition coefficient (Wildman–Crippen LogP) is 5.08. The largest absolute Gasteiger partial charge is 0.497 e. The van der Waals surface area contributed by atoms with Crippen molar-refractivity contribution < 1.29 is 14.3 Å². The van der Waals surface area contributed by atoms with Gasteiger partial charge in [0.25, 0.3) is 5.91 Å². The van der Waals surface area contributed by atoms with Crippen LogP contribution in [0.5, 0.6) is 11.5 Å². The minimum atomic E-state index is -0.214. The maximum atomic E-state index is 12.7. The zero-order chi connectivity index (χ0) is 24.9. The van der Waals surface area contributed by atoms with Crippen molar-refractivity contribution in [3.05, 3.63) is 100 Å². The molecule has 0 spiro atoms. The van der Waals surface area contributed by atoms with Gasteiger partial charge in [0.15, 0.2) is 5.17 Å². The van der Waals surface area contributed by atoms with Crippen molar-refractivity contribution >= 4 is 28.9 Å². The molecule has 3 aromatic rings. The second kappa shape index (κ2) is 11.0. The number of ether oxygens (including phenoxy) is 2. The number of amidine groups is 1. The van der Waals surface area contributed by atoms with Crippen LogP contribution >= 0.6 is 11.8 Å². The third kappa shape index (κ3) is 5.17. The van der Waals surface area contributed by atoms with Gasteiger partial charge < -0.3 is 14.4 Å². The molecular formula is C29H29N3O3S. The number of amides is 1. The molecule has 1 amide bonds. The number of thioether (sulfide) groups is 1. The number of rotatable bonds is 6. The van der Waals surface area contributed by atoms with Crippen LogP contribution in [0.15, 0.2) is 88.8 Å². The van der Waals surface area contributed by atoms with Crippen LogP contribution in [0, 0.1) is 0 Å². The number of hydrogen-bond donors (Lipinski definition) is 0. The molecule has 0 atom stereocenters. The summed E-state index contributed by atoms with van der Waals surface area (Å²) >= 11 is 1.43. The summed E-state index contributed by atoms with van der Waals surface area (Å²) in [5.41, 5.74) is 3.37. The fourth-order valence-corrected chi connectivity index (χ4v) is 5.64. The summed E-state index contributed by atoms with van der Waals surface area (Å²) in [5, 5.41) is 0.767. The van der Waals surface area contributed by atoms with Crippen LogP contribution in [0.1, 0.15) is 22.7 Å². The van der Waals surface area contributed by atoms with Crippen molar-refractivity contribution in [1.29, 1.82) is 0 Å². The van der Waals surface area contributed by atoms with Gasteiger partial charge in [-0.2, -0.15) is 4.99 Å². The van der Waals surface area contributed by atoms with E-state index in [1.165, 1.54) is 22.9 Å². The standard InChI is InChI=1S/C29H29N3O3S/c1-34-24-13-14-25(35-2)23(19-24)20-26-28(33)30-29(36-26)32-17-15-31(16-18-32)27(21-9-5-3-6-10-21)22-11-7-4-8-12-22/h3-14,19-20,27H,15-18H2,1-2H3. The van der Waals surface area contributed by atoms with E-state index in [0.717, 1.165) is 36.9 Å². The highest BCUT2D eigenvalue weighted by atomic mass is 32.2. The van der Waals surface area contributed by atoms with Crippen molar-refractivity contribution in [2.45, 2.75) is 6.04 Å². The maximum Gasteiger partial charge on any atom is 0.286 e. The molecular weight excluding hydrogens is 470 g/mol. The Kier molecular flexibility index (Phi) is 7.39. The number of carbonyl (C=O) groups is 1. The Morgan fingerprint density at radius 2 is 1.50 bits per heavy atom. The van der Waals surface area contributed by atoms with Crippen LogP contribution in [0.2, 0.25) is 0 Å². The monoisotopic (exact) mass is 499 g/mol. The molecule has 5 rings (SSSR count). The maximum absolute atomic E-state index is 12.7. The number of aliphatic imine (C=N–C) groups is 1. The average Bonchev–Trinajstić information content (AvgIpc) is 3.30. The van der Waals surface area contributed by atoms with E-state index in [0.29, 0.717) is 16.4 Å². The first-order chi connectivity index (χ1) is 17.7. The highest BCUT2D eigenvalue weighted by Crippen LogP contribution is 2.35. The van der Waals surface area contributed by atoms with Gasteiger partial charge in [0, 0.05) is 31.7 Å². The Labute approximate surface area is 216 Å². The topological polar surface area (TPSA) is 54.4 Å². The van der Waals surface area contributed by atoms with Crippen molar-refractivity contribution in [2.24, 2.45) is 4.99 Å². The summed E-state index contributed by atoms with van der Waals surface area (Å²) in [4.78, 5) is 22.4. The van der Waals surface area contributed by atoms with Crippen molar-refractivity contribution in [3.8, 4) is 11.5 Å². The lowest BCUT2D eigenvalue weighted by atomic mass is 9.96. The fourth-order valence-electron chi connectivity index (χ4n) is 4.68. The molecule has 7 heteroatoms. The van der Waals surface area contributed by atoms with E-state index >= 15 is 0 Å². The minimum absolute atomic E-state index is 0.199. The number of piperazine rings is 1. The molecule has 0 aromatic heterocycles. The zero-order valence-electron chi connectivity index (χ0n) is 20.5. The Balaban J connectivity index is 1.29. The van der Waals surface area contributed by atoms with E-state index in [1.54, 1.807) is 14.2 Å². The van der Waals surface area contributed by atoms with E-state index in [1.807, 2.05) is 24.3 Å². The molecule has 2 aliphatic rings. The highest BCUT2D eigenvalue weighted by Gasteiger charge is 2.31. The smallest absolute Gasteiger partial charge is 0.286 e. The number of hydrogen-bond acceptors (Lipinski definition) is 6. The van der Waals surface area contributed by atoms with Crippen LogP contribution in [-0.2, 0) is 4.79 Å². The lowest BCUT2D eigenvalue weighted by molar-refractivity contribution is -0.113. The van der Waals surface area contributed by atoms with Gasteiger partial charge in [0.2, 0.25) is 0 Å². The van der Waals surface area contributed by atoms with Crippen LogP contribution in [0.3, 0.4) is 0 Å². The SMILES string of the molecule is COc1ccc(OC)c(C=C2SC(N3CCN(C(c4ccccc4)c4ccccc4)CC3)=NC2=O)c1. The molecule has 2 heterocycles. The fraction of sp³-hybridized carbons (Fsp3) is 0.241. The molecule has 0 aliphatic carbocycles. The number of benzene rings is 3. The number of nitrogens with zero attached hydrogens (tertiary/aromatic N) is 3. The van der Waals surface area contributed by atoms with E-state index in [-0.39, 0.29) is 11.9 Å². The van der Waals surface area contributed by atoms with Gasteiger partial charge in [-0.15, -0.1) is 0 Å². The third-order valence-electron chi connectivity index (χ3n) is 6.51. The van der Waals surface area contributed by atoms with Crippen molar-refractivity contribution in [3.63, 3.8) is 0 Å². The summed E-state index contributed by atoms with van der Waals surface area (Å²) < 4.78 is 10.8. The second-order valence-corrected chi connectivity index (χ2v) is 9.67. The molecule has 1 fully saturated rings. The van der Waals surface area contributed by atoms with E-state index < -0.39 is 0 Å². The lowest BCUT2D eigenvalue weighted by Crippen LogP contribution is -2.49. The average molecular weight is 500 g/mol. The molecule has 2 aliphatic heterocycles. The summed E-state index contributed by atoms with van der Waals surface area (Å²) in [6, 6.07) is 27.0. The molecule has 6 nitrogen and oxygen atoms in total. The Bertz CT molecular complexity index is 1230. The summed E-state index contributed by atoms with van der Waals surface area (Å²) in [7, 11) is 3.24. The third-order valence-corrected chi connectivity index (χ3v) is 7.56. The first-order valence-corrected chi connectivity index (χ1v) is 12.8. The molecule has 0 saturated carbocycles. The molecule has 0 unspecified atom stereocenters. The zero-order valence-corrected chi connectivity index (χ0v) is 21.3. The molecule has 184 valence electrons. The summed E-state index contributed by atoms with van der Waals surface area (Å²) in [5.74, 6) is 1.18. The van der Waals surface area contributed by atoms with Crippen molar-refractivity contribution in [1.82, 2.24) is 9.80 Å². The van der Waals surface area contributed by atoms with Crippen LogP contribution in [0.25, 0.3) is 6.08 Å². The van der Waals surface area contributed by atoms with Crippen LogP contribution < -0.4 is 9.47 Å². The molecule has 0 radical (unpaired) electrons. The molecule has 0 N–H and O–H groups in total. The van der Waals surface area contributed by atoms with Gasteiger partial charge in [-0.05, 0) is 47.2 Å². The van der Waals surface area contributed by atoms with Gasteiger partial charge in [-0.25, -0.2) is 0 Å². The first kappa shape index (κ1) is 24.2. The van der Waals surface area contributed by atoms with E-state index in [4.69, 9.17) is 9.47 Å². The molecule has 0 bridgehead atoms. The summed E-state index contributed by atoms with van der Waals surface area (Å²) in [6.45, 7) is 3.38. The Morgan fingerprint density at radius 1 is 0.861 bits per heavy atom. The lowest BCUT2D eigenvalue weighted by Gasteiger charge is -2.40. The van der Waals surface area contributed by atoms with Gasteiger partial charge in [-0.1, -0.05) is 60.7 Å². The van der Waals surface area contributed by atoms with Gasteiger partial charge >= 0.3 is 0 Å². The van der Waals surface area contributed by atoms with Crippen LogP contribution in [0.4, 0.5) is 0 Å². The van der Waals surface area contributed by atoms with Crippen molar-refractivity contribution in [2.75, 3.05) is 40.4 Å². The molecule has 3 aromatic carbocycles. The normalized spacial score (nSPS) is 17.5. The van der Waals surface area contributed by atoms with Gasteiger partial charge in [0.05, 0.1) is 25.2 Å². The molecule has 36 heavy (non-hydrogen) atoms. The molecule has 1 saturated heterocycles. The summed E-state index contributed by atoms with van der Waals surface area (Å²) in [6.07, 6.45) is 1.84. The number of carbonyl (C=O) groups excluding carboxylic acids is 1. The number of methoxy groups -OCH3 is 2. The predicted molar refractivity (Wildman–Crippen MR) is 145 cm³/mol.